The molecule has 0 unspecified atom stereocenters. The first-order valence-electron chi connectivity index (χ1n) is 14.2. The fraction of sp³-hybridized carbons (Fsp3) is 0.222. The minimum absolute atomic E-state index is 0.00519. The van der Waals surface area contributed by atoms with E-state index in [9.17, 15) is 19.2 Å². The predicted molar refractivity (Wildman–Crippen MR) is 179 cm³/mol. The van der Waals surface area contributed by atoms with E-state index in [1.165, 1.54) is 21.1 Å². The summed E-state index contributed by atoms with van der Waals surface area (Å²) in [4.78, 5) is 44.3. The van der Waals surface area contributed by atoms with Crippen LogP contribution in [0.15, 0.2) is 97.1 Å². The lowest BCUT2D eigenvalue weighted by atomic mass is 10.1. The normalized spacial score (nSPS) is 9.80. The largest absolute Gasteiger partial charge is 0.469 e. The molecule has 4 aromatic carbocycles. The van der Waals surface area contributed by atoms with Gasteiger partial charge in [0, 0.05) is 41.0 Å². The number of nitrogens with one attached hydrogen (secondary N) is 1. The minimum atomic E-state index is -0.211. The van der Waals surface area contributed by atoms with E-state index >= 15 is 0 Å². The van der Waals surface area contributed by atoms with Crippen LogP contribution in [0.2, 0.25) is 5.02 Å². The number of rotatable bonds is 10. The standard InChI is InChI=1S/C18H19NO3.C10H13NO2.C8H7ClO/c1-13(20)16-5-3-4-6-17(16)19-15-10-7-14(8-11-15)9-12-18(21)22-2;1-13-10(12)7-4-8-2-5-9(11)6-3-8;1-6(10)7-4-2-3-5-8(7)9/h3-8,10-11,19H,9,12H2,1-2H3;2-3,5-6H,4,7,11H2,1H3;2-5H,1H3. The van der Waals surface area contributed by atoms with Crippen molar-refractivity contribution in [3.8, 4) is 0 Å². The van der Waals surface area contributed by atoms with E-state index in [1.54, 1.807) is 37.3 Å². The summed E-state index contributed by atoms with van der Waals surface area (Å²) in [7, 11) is 2.78. The second kappa shape index (κ2) is 19.4. The molecule has 45 heavy (non-hydrogen) atoms. The van der Waals surface area contributed by atoms with Gasteiger partial charge in [-0.1, -0.05) is 60.1 Å². The lowest BCUT2D eigenvalue weighted by molar-refractivity contribution is -0.141. The summed E-state index contributed by atoms with van der Waals surface area (Å²) in [5.74, 6) is -0.363. The average molecular weight is 631 g/mol. The van der Waals surface area contributed by atoms with E-state index in [0.717, 1.165) is 28.2 Å². The van der Waals surface area contributed by atoms with Crippen molar-refractivity contribution in [1.82, 2.24) is 0 Å². The van der Waals surface area contributed by atoms with Gasteiger partial charge in [-0.25, -0.2) is 0 Å². The van der Waals surface area contributed by atoms with Gasteiger partial charge in [-0.05, 0) is 86.3 Å². The maximum absolute atomic E-state index is 11.6. The minimum Gasteiger partial charge on any atom is -0.469 e. The Hall–Kier alpha value is -4.95. The van der Waals surface area contributed by atoms with Gasteiger partial charge in [0.05, 0.1) is 19.2 Å². The Morgan fingerprint density at radius 3 is 1.53 bits per heavy atom. The zero-order chi connectivity index (χ0) is 33.2. The number of nitrogens with two attached hydrogens (primary N) is 1. The van der Waals surface area contributed by atoms with Crippen LogP contribution in [0.3, 0.4) is 0 Å². The molecule has 0 amide bonds. The molecule has 0 aliphatic heterocycles. The summed E-state index contributed by atoms with van der Waals surface area (Å²) in [6, 6.07) is 29.7. The highest BCUT2D eigenvalue weighted by Crippen LogP contribution is 2.22. The first-order valence-corrected chi connectivity index (χ1v) is 14.6. The lowest BCUT2D eigenvalue weighted by Crippen LogP contribution is -2.02. The Labute approximate surface area is 269 Å². The van der Waals surface area contributed by atoms with E-state index in [1.807, 2.05) is 66.7 Å². The zero-order valence-corrected chi connectivity index (χ0v) is 26.7. The van der Waals surface area contributed by atoms with Crippen molar-refractivity contribution in [1.29, 1.82) is 0 Å². The van der Waals surface area contributed by atoms with E-state index in [4.69, 9.17) is 17.3 Å². The monoisotopic (exact) mass is 630 g/mol. The molecule has 0 aromatic heterocycles. The SMILES string of the molecule is CC(=O)c1ccccc1Cl.COC(=O)CCc1ccc(N)cc1.COC(=O)CCc1ccc(Nc2ccccc2C(C)=O)cc1. The molecule has 4 rings (SSSR count). The number of hydrogen-bond donors (Lipinski definition) is 2. The Morgan fingerprint density at radius 2 is 1.09 bits per heavy atom. The molecule has 4 aromatic rings. The summed E-state index contributed by atoms with van der Waals surface area (Å²) in [5.41, 5.74) is 11.4. The maximum atomic E-state index is 11.6. The number of ketones is 2. The zero-order valence-electron chi connectivity index (χ0n) is 26.0. The highest BCUT2D eigenvalue weighted by Gasteiger charge is 2.07. The third-order valence-electron chi connectivity index (χ3n) is 6.46. The quantitative estimate of drug-likeness (QED) is 0.104. The Bertz CT molecular complexity index is 1550. The maximum Gasteiger partial charge on any atom is 0.305 e. The smallest absolute Gasteiger partial charge is 0.305 e. The number of esters is 2. The van der Waals surface area contributed by atoms with Crippen molar-refractivity contribution in [2.45, 2.75) is 39.5 Å². The van der Waals surface area contributed by atoms with Crippen LogP contribution in [-0.2, 0) is 31.9 Å². The van der Waals surface area contributed by atoms with Crippen LogP contribution in [0.1, 0.15) is 58.5 Å². The van der Waals surface area contributed by atoms with Gasteiger partial charge in [-0.2, -0.15) is 0 Å². The summed E-state index contributed by atoms with van der Waals surface area (Å²) >= 11 is 5.70. The number of hydrogen-bond acceptors (Lipinski definition) is 8. The Morgan fingerprint density at radius 1 is 0.644 bits per heavy atom. The molecule has 0 fully saturated rings. The molecule has 0 aliphatic rings. The van der Waals surface area contributed by atoms with E-state index in [-0.39, 0.29) is 23.5 Å². The topological polar surface area (TPSA) is 125 Å². The van der Waals surface area contributed by atoms with Gasteiger partial charge in [-0.15, -0.1) is 0 Å². The number of ether oxygens (including phenoxy) is 2. The van der Waals surface area contributed by atoms with Gasteiger partial charge in [0.2, 0.25) is 0 Å². The molecule has 0 bridgehead atoms. The second-order valence-corrected chi connectivity index (χ2v) is 10.3. The Kier molecular flexibility index (Phi) is 15.6. The number of Topliss-reactive ketones (excluding diaryl/α,β-unsaturated/α-hetero) is 2. The molecular formula is C36H39ClN2O6. The molecule has 3 N–H and O–H groups in total. The highest BCUT2D eigenvalue weighted by molar-refractivity contribution is 6.33. The molecule has 0 spiro atoms. The molecule has 0 heterocycles. The average Bonchev–Trinajstić information content (AvgIpc) is 3.04. The van der Waals surface area contributed by atoms with Crippen LogP contribution >= 0.6 is 11.6 Å². The van der Waals surface area contributed by atoms with Gasteiger partial charge < -0.3 is 20.5 Å². The number of benzene rings is 4. The molecule has 0 atom stereocenters. The second-order valence-electron chi connectivity index (χ2n) is 9.85. The van der Waals surface area contributed by atoms with Gasteiger partial charge in [0.1, 0.15) is 0 Å². The van der Waals surface area contributed by atoms with Crippen molar-refractivity contribution in [2.75, 3.05) is 25.3 Å². The third-order valence-corrected chi connectivity index (χ3v) is 6.79. The number of carbonyl (C=O) groups excluding carboxylic acids is 4. The molecule has 8 nitrogen and oxygen atoms in total. The molecule has 0 saturated carbocycles. The van der Waals surface area contributed by atoms with Crippen LogP contribution in [0.5, 0.6) is 0 Å². The number of methoxy groups -OCH3 is 2. The number of anilines is 3. The number of carbonyl (C=O) groups is 4. The molecule has 236 valence electrons. The predicted octanol–water partition coefficient (Wildman–Crippen LogP) is 7.66. The van der Waals surface area contributed by atoms with E-state index < -0.39 is 0 Å². The van der Waals surface area contributed by atoms with Crippen molar-refractivity contribution in [3.63, 3.8) is 0 Å². The van der Waals surface area contributed by atoms with Crippen LogP contribution in [-0.4, -0.2) is 37.7 Å². The number of halogens is 1. The number of nitrogen functional groups attached to an aromatic ring is 1. The van der Waals surface area contributed by atoms with Gasteiger partial charge >= 0.3 is 11.9 Å². The van der Waals surface area contributed by atoms with Crippen LogP contribution < -0.4 is 11.1 Å². The summed E-state index contributed by atoms with van der Waals surface area (Å²) in [6.07, 6.45) is 2.14. The van der Waals surface area contributed by atoms with Gasteiger partial charge in [0.15, 0.2) is 11.6 Å². The molecule has 0 aliphatic carbocycles. The van der Waals surface area contributed by atoms with Crippen molar-refractivity contribution >= 4 is 52.2 Å². The van der Waals surface area contributed by atoms with Crippen LogP contribution in [0, 0.1) is 0 Å². The van der Waals surface area contributed by atoms with Crippen LogP contribution in [0.4, 0.5) is 17.1 Å². The van der Waals surface area contributed by atoms with Gasteiger partial charge in [0.25, 0.3) is 0 Å². The number of aryl methyl sites for hydroxylation is 2. The molecule has 0 saturated heterocycles. The van der Waals surface area contributed by atoms with Gasteiger partial charge in [-0.3, -0.25) is 19.2 Å². The first-order chi connectivity index (χ1) is 21.5. The molecule has 9 heteroatoms. The third kappa shape index (κ3) is 13.5. The van der Waals surface area contributed by atoms with E-state index in [2.05, 4.69) is 14.8 Å². The Balaban J connectivity index is 0.000000259. The lowest BCUT2D eigenvalue weighted by Gasteiger charge is -2.10. The van der Waals surface area contributed by atoms with Crippen molar-refractivity contribution in [3.05, 3.63) is 124 Å². The van der Waals surface area contributed by atoms with Crippen molar-refractivity contribution < 1.29 is 28.7 Å². The molecular weight excluding hydrogens is 592 g/mol. The molecule has 0 radical (unpaired) electrons. The summed E-state index contributed by atoms with van der Waals surface area (Å²) in [5, 5.41) is 3.77. The van der Waals surface area contributed by atoms with Crippen LogP contribution in [0.25, 0.3) is 0 Å². The van der Waals surface area contributed by atoms with E-state index in [0.29, 0.717) is 41.8 Å². The summed E-state index contributed by atoms with van der Waals surface area (Å²) < 4.78 is 9.16. The highest BCUT2D eigenvalue weighted by atomic mass is 35.5. The fourth-order valence-electron chi connectivity index (χ4n) is 3.94. The van der Waals surface area contributed by atoms with Crippen molar-refractivity contribution in [2.24, 2.45) is 0 Å². The number of para-hydroxylation sites is 1. The summed E-state index contributed by atoms with van der Waals surface area (Å²) in [6.45, 7) is 3.05. The first kappa shape index (κ1) is 36.2. The fourth-order valence-corrected chi connectivity index (χ4v) is 4.21.